The Bertz CT molecular complexity index is 505. The molecule has 1 fully saturated rings. The highest BCUT2D eigenvalue weighted by atomic mass is 16.1. The smallest absolute Gasteiger partial charge is 0.250 e. The minimum atomic E-state index is -0.415. The molecule has 4 heteroatoms. The number of hydrogen-bond donors (Lipinski definition) is 3. The molecule has 2 rings (SSSR count). The number of primary amides is 1. The zero-order valence-electron chi connectivity index (χ0n) is 13.1. The zero-order valence-corrected chi connectivity index (χ0v) is 13.1. The van der Waals surface area contributed by atoms with Gasteiger partial charge in [0.25, 0.3) is 5.91 Å². The summed E-state index contributed by atoms with van der Waals surface area (Å²) in [5.41, 5.74) is 13.5. The molecule has 5 N–H and O–H groups in total. The van der Waals surface area contributed by atoms with E-state index in [0.717, 1.165) is 12.2 Å². The van der Waals surface area contributed by atoms with Gasteiger partial charge in [-0.25, -0.2) is 0 Å². The van der Waals surface area contributed by atoms with Crippen molar-refractivity contribution < 1.29 is 4.79 Å². The van der Waals surface area contributed by atoms with E-state index in [2.05, 4.69) is 19.2 Å². The lowest BCUT2D eigenvalue weighted by Gasteiger charge is -2.32. The van der Waals surface area contributed by atoms with Crippen LogP contribution in [0.15, 0.2) is 18.2 Å². The van der Waals surface area contributed by atoms with Gasteiger partial charge in [0.1, 0.15) is 0 Å². The van der Waals surface area contributed by atoms with Gasteiger partial charge in [-0.3, -0.25) is 4.79 Å². The van der Waals surface area contributed by atoms with E-state index in [0.29, 0.717) is 22.6 Å². The minimum absolute atomic E-state index is 0.341. The van der Waals surface area contributed by atoms with Crippen molar-refractivity contribution in [3.63, 3.8) is 0 Å². The Hall–Kier alpha value is -1.71. The highest BCUT2D eigenvalue weighted by Gasteiger charge is 2.34. The molecular formula is C17H27N3O. The van der Waals surface area contributed by atoms with Crippen LogP contribution >= 0.6 is 0 Å². The van der Waals surface area contributed by atoms with Gasteiger partial charge < -0.3 is 16.8 Å². The topological polar surface area (TPSA) is 81.1 Å². The molecule has 0 radical (unpaired) electrons. The maximum atomic E-state index is 11.5. The van der Waals surface area contributed by atoms with E-state index in [1.807, 2.05) is 0 Å². The van der Waals surface area contributed by atoms with Crippen molar-refractivity contribution in [2.24, 2.45) is 17.1 Å². The first-order chi connectivity index (χ1) is 9.92. The highest BCUT2D eigenvalue weighted by Crippen LogP contribution is 2.43. The third-order valence-corrected chi connectivity index (χ3v) is 4.47. The van der Waals surface area contributed by atoms with E-state index in [4.69, 9.17) is 11.5 Å². The highest BCUT2D eigenvalue weighted by molar-refractivity contribution is 5.99. The number of rotatable bonds is 6. The molecule has 1 aliphatic rings. The maximum absolute atomic E-state index is 11.5. The summed E-state index contributed by atoms with van der Waals surface area (Å²) in [5, 5.41) is 3.44. The molecule has 0 bridgehead atoms. The fraction of sp³-hybridized carbons (Fsp3) is 0.588. The number of carbonyl (C=O) groups is 1. The summed E-state index contributed by atoms with van der Waals surface area (Å²) in [6, 6.07) is 5.21. The first-order valence-electron chi connectivity index (χ1n) is 7.85. The van der Waals surface area contributed by atoms with Gasteiger partial charge in [-0.15, -0.1) is 0 Å². The molecular weight excluding hydrogens is 262 g/mol. The van der Waals surface area contributed by atoms with E-state index < -0.39 is 5.91 Å². The van der Waals surface area contributed by atoms with Crippen LogP contribution in [0.4, 0.5) is 11.4 Å². The lowest BCUT2D eigenvalue weighted by atomic mass is 9.78. The van der Waals surface area contributed by atoms with Crippen LogP contribution in [0.3, 0.4) is 0 Å². The van der Waals surface area contributed by atoms with E-state index in [-0.39, 0.29) is 0 Å². The molecule has 0 saturated heterocycles. The van der Waals surface area contributed by atoms with Crippen LogP contribution in [0.25, 0.3) is 0 Å². The Labute approximate surface area is 127 Å². The summed E-state index contributed by atoms with van der Waals surface area (Å²) in [6.07, 6.45) is 6.33. The molecule has 4 nitrogen and oxygen atoms in total. The average Bonchev–Trinajstić information content (AvgIpc) is 2.84. The number of carbonyl (C=O) groups excluding carboxylic acids is 1. The van der Waals surface area contributed by atoms with E-state index in [1.54, 1.807) is 18.2 Å². The number of anilines is 2. The van der Waals surface area contributed by atoms with Gasteiger partial charge in [-0.1, -0.05) is 26.7 Å². The van der Waals surface area contributed by atoms with Crippen LogP contribution in [-0.2, 0) is 0 Å². The SMILES string of the molecule is CC(C)CC1(CNc2cc(N)ccc2C(N)=O)CCCC1. The van der Waals surface area contributed by atoms with Crippen LogP contribution in [0.5, 0.6) is 0 Å². The van der Waals surface area contributed by atoms with Crippen LogP contribution < -0.4 is 16.8 Å². The fourth-order valence-electron chi connectivity index (χ4n) is 3.65. The van der Waals surface area contributed by atoms with Crippen molar-refractivity contribution in [2.45, 2.75) is 46.0 Å². The molecule has 0 aromatic heterocycles. The molecule has 21 heavy (non-hydrogen) atoms. The Morgan fingerprint density at radius 2 is 2.00 bits per heavy atom. The minimum Gasteiger partial charge on any atom is -0.399 e. The summed E-state index contributed by atoms with van der Waals surface area (Å²) in [5.74, 6) is 0.267. The zero-order chi connectivity index (χ0) is 15.5. The van der Waals surface area contributed by atoms with Gasteiger partial charge in [-0.2, -0.15) is 0 Å². The predicted octanol–water partition coefficient (Wildman–Crippen LogP) is 3.39. The van der Waals surface area contributed by atoms with E-state index >= 15 is 0 Å². The van der Waals surface area contributed by atoms with Crippen molar-refractivity contribution >= 4 is 17.3 Å². The van der Waals surface area contributed by atoms with Gasteiger partial charge in [0, 0.05) is 17.9 Å². The molecule has 116 valence electrons. The lowest BCUT2D eigenvalue weighted by molar-refractivity contribution is 0.100. The molecule has 1 aliphatic carbocycles. The van der Waals surface area contributed by atoms with Gasteiger partial charge in [0.15, 0.2) is 0 Å². The maximum Gasteiger partial charge on any atom is 0.250 e. The van der Waals surface area contributed by atoms with Crippen molar-refractivity contribution in [1.82, 2.24) is 0 Å². The molecule has 0 heterocycles. The Kier molecular flexibility index (Phi) is 4.76. The normalized spacial score (nSPS) is 17.1. The summed E-state index contributed by atoms with van der Waals surface area (Å²) in [4.78, 5) is 11.5. The molecule has 1 saturated carbocycles. The van der Waals surface area contributed by atoms with Crippen molar-refractivity contribution in [3.05, 3.63) is 23.8 Å². The fourth-order valence-corrected chi connectivity index (χ4v) is 3.65. The number of nitrogen functional groups attached to an aromatic ring is 1. The summed E-state index contributed by atoms with van der Waals surface area (Å²) in [7, 11) is 0. The standard InChI is InChI=1S/C17H27N3O/c1-12(2)10-17(7-3-4-8-17)11-20-15-9-13(18)5-6-14(15)16(19)21/h5-6,9,12,20H,3-4,7-8,10-11,18H2,1-2H3,(H2,19,21). The Balaban J connectivity index is 2.14. The predicted molar refractivity (Wildman–Crippen MR) is 88.2 cm³/mol. The first kappa shape index (κ1) is 15.7. The molecule has 1 amide bonds. The van der Waals surface area contributed by atoms with Crippen LogP contribution in [0, 0.1) is 11.3 Å². The Morgan fingerprint density at radius 3 is 2.57 bits per heavy atom. The van der Waals surface area contributed by atoms with Gasteiger partial charge in [0.05, 0.1) is 5.56 Å². The quantitative estimate of drug-likeness (QED) is 0.702. The van der Waals surface area contributed by atoms with Gasteiger partial charge in [-0.05, 0) is 48.8 Å². The van der Waals surface area contributed by atoms with Gasteiger partial charge >= 0.3 is 0 Å². The van der Waals surface area contributed by atoms with Crippen molar-refractivity contribution in [1.29, 1.82) is 0 Å². The summed E-state index contributed by atoms with van der Waals surface area (Å²) >= 11 is 0. The van der Waals surface area contributed by atoms with Gasteiger partial charge in [0.2, 0.25) is 0 Å². The summed E-state index contributed by atoms with van der Waals surface area (Å²) < 4.78 is 0. The lowest BCUT2D eigenvalue weighted by Crippen LogP contribution is -2.29. The second kappa shape index (κ2) is 6.37. The third-order valence-electron chi connectivity index (χ3n) is 4.47. The number of hydrogen-bond acceptors (Lipinski definition) is 3. The molecule has 0 aliphatic heterocycles. The Morgan fingerprint density at radius 1 is 1.33 bits per heavy atom. The number of amides is 1. The third kappa shape index (κ3) is 3.90. The van der Waals surface area contributed by atoms with Crippen LogP contribution in [0.1, 0.15) is 56.3 Å². The number of nitrogens with one attached hydrogen (secondary N) is 1. The van der Waals surface area contributed by atoms with Crippen molar-refractivity contribution in [2.75, 3.05) is 17.6 Å². The van der Waals surface area contributed by atoms with Crippen LogP contribution in [-0.4, -0.2) is 12.5 Å². The molecule has 0 atom stereocenters. The molecule has 0 spiro atoms. The molecule has 1 aromatic rings. The van der Waals surface area contributed by atoms with E-state index in [9.17, 15) is 4.79 Å². The second-order valence-electron chi connectivity index (χ2n) is 6.83. The monoisotopic (exact) mass is 289 g/mol. The number of nitrogens with two attached hydrogens (primary N) is 2. The van der Waals surface area contributed by atoms with Crippen LogP contribution in [0.2, 0.25) is 0 Å². The largest absolute Gasteiger partial charge is 0.399 e. The summed E-state index contributed by atoms with van der Waals surface area (Å²) in [6.45, 7) is 5.43. The van der Waals surface area contributed by atoms with E-state index in [1.165, 1.54) is 32.1 Å². The first-order valence-corrected chi connectivity index (χ1v) is 7.85. The van der Waals surface area contributed by atoms with Crippen molar-refractivity contribution in [3.8, 4) is 0 Å². The number of benzene rings is 1. The molecule has 0 unspecified atom stereocenters. The molecule has 1 aromatic carbocycles. The second-order valence-corrected chi connectivity index (χ2v) is 6.83. The average molecular weight is 289 g/mol.